The lowest BCUT2D eigenvalue weighted by Crippen LogP contribution is -2.45. The zero-order valence-corrected chi connectivity index (χ0v) is 12.2. The third-order valence-corrected chi connectivity index (χ3v) is 3.25. The molecule has 8 heteroatoms. The monoisotopic (exact) mass is 310 g/mol. The van der Waals surface area contributed by atoms with Crippen molar-refractivity contribution in [2.45, 2.75) is 63.2 Å². The number of ether oxygens (including phenoxy) is 3. The largest absolute Gasteiger partial charge is 0.396 e. The lowest BCUT2D eigenvalue weighted by Gasteiger charge is -2.36. The molecule has 6 atom stereocenters. The fourth-order valence-corrected chi connectivity index (χ4v) is 2.32. The summed E-state index contributed by atoms with van der Waals surface area (Å²) in [7, 11) is 0. The van der Waals surface area contributed by atoms with Crippen LogP contribution in [0.3, 0.4) is 0 Å². The molecule has 0 amide bonds. The maximum Gasteiger partial charge on any atom is 0.161 e. The average Bonchev–Trinajstić information content (AvgIpc) is 2.43. The molecule has 1 aliphatic heterocycles. The highest BCUT2D eigenvalue weighted by Gasteiger charge is 2.33. The minimum Gasteiger partial charge on any atom is -0.396 e. The fourth-order valence-electron chi connectivity index (χ4n) is 2.32. The molecule has 1 saturated heterocycles. The van der Waals surface area contributed by atoms with Crippen LogP contribution in [0.1, 0.15) is 26.2 Å². The molecule has 126 valence electrons. The van der Waals surface area contributed by atoms with E-state index in [1.807, 2.05) is 0 Å². The Balaban J connectivity index is 2.61. The first-order valence-electron chi connectivity index (χ1n) is 7.15. The summed E-state index contributed by atoms with van der Waals surface area (Å²) >= 11 is 0. The molecule has 0 aromatic carbocycles. The Morgan fingerprint density at radius 3 is 2.43 bits per heavy atom. The normalized spacial score (nSPS) is 30.9. The van der Waals surface area contributed by atoms with Crippen molar-refractivity contribution in [2.75, 3.05) is 19.8 Å². The predicted molar refractivity (Wildman–Crippen MR) is 71.2 cm³/mol. The molecule has 0 aromatic heterocycles. The Morgan fingerprint density at radius 1 is 1.19 bits per heavy atom. The SMILES string of the molecule is CC(O)O[C@@H](CCO)[C@@H](CO)OC1C[C@@H](O)C[C@@H](CO)O1. The van der Waals surface area contributed by atoms with Crippen LogP contribution in [0.2, 0.25) is 0 Å². The highest BCUT2D eigenvalue weighted by Crippen LogP contribution is 2.23. The van der Waals surface area contributed by atoms with Gasteiger partial charge in [-0.2, -0.15) is 0 Å². The Bertz CT molecular complexity index is 275. The van der Waals surface area contributed by atoms with E-state index in [0.717, 1.165) is 0 Å². The third kappa shape index (κ3) is 6.54. The van der Waals surface area contributed by atoms with Crippen LogP contribution in [0.5, 0.6) is 0 Å². The first kappa shape index (κ1) is 18.7. The van der Waals surface area contributed by atoms with Gasteiger partial charge in [0.25, 0.3) is 0 Å². The van der Waals surface area contributed by atoms with Crippen molar-refractivity contribution in [3.8, 4) is 0 Å². The first-order valence-corrected chi connectivity index (χ1v) is 7.15. The van der Waals surface area contributed by atoms with Gasteiger partial charge in [0.2, 0.25) is 0 Å². The number of aliphatic hydroxyl groups excluding tert-OH is 5. The van der Waals surface area contributed by atoms with E-state index in [1.165, 1.54) is 6.92 Å². The van der Waals surface area contributed by atoms with Crippen molar-refractivity contribution >= 4 is 0 Å². The van der Waals surface area contributed by atoms with Crippen molar-refractivity contribution in [2.24, 2.45) is 0 Å². The lowest BCUT2D eigenvalue weighted by molar-refractivity contribution is -0.268. The summed E-state index contributed by atoms with van der Waals surface area (Å²) in [6.45, 7) is 0.605. The summed E-state index contributed by atoms with van der Waals surface area (Å²) in [4.78, 5) is 0. The van der Waals surface area contributed by atoms with Crippen molar-refractivity contribution in [1.29, 1.82) is 0 Å². The van der Waals surface area contributed by atoms with Gasteiger partial charge in [-0.05, 0) is 13.3 Å². The molecule has 5 N–H and O–H groups in total. The van der Waals surface area contributed by atoms with E-state index in [4.69, 9.17) is 24.4 Å². The second-order valence-electron chi connectivity index (χ2n) is 5.14. The van der Waals surface area contributed by atoms with Crippen molar-refractivity contribution < 1.29 is 39.7 Å². The first-order chi connectivity index (χ1) is 9.99. The van der Waals surface area contributed by atoms with Gasteiger partial charge >= 0.3 is 0 Å². The second kappa shape index (κ2) is 9.65. The molecule has 0 saturated carbocycles. The molecule has 1 heterocycles. The summed E-state index contributed by atoms with van der Waals surface area (Å²) < 4.78 is 16.2. The van der Waals surface area contributed by atoms with Crippen LogP contribution in [0.25, 0.3) is 0 Å². The van der Waals surface area contributed by atoms with Gasteiger partial charge in [-0.3, -0.25) is 0 Å². The maximum absolute atomic E-state index is 9.71. The molecule has 21 heavy (non-hydrogen) atoms. The molecule has 0 radical (unpaired) electrons. The van der Waals surface area contributed by atoms with Gasteiger partial charge in [0, 0.05) is 19.4 Å². The van der Waals surface area contributed by atoms with Gasteiger partial charge in [0.15, 0.2) is 12.6 Å². The van der Waals surface area contributed by atoms with Crippen LogP contribution in [-0.4, -0.2) is 82.3 Å². The van der Waals surface area contributed by atoms with Crippen molar-refractivity contribution in [1.82, 2.24) is 0 Å². The predicted octanol–water partition coefficient (Wildman–Crippen LogP) is -1.67. The van der Waals surface area contributed by atoms with Crippen molar-refractivity contribution in [3.63, 3.8) is 0 Å². The van der Waals surface area contributed by atoms with Crippen molar-refractivity contribution in [3.05, 3.63) is 0 Å². The highest BCUT2D eigenvalue weighted by molar-refractivity contribution is 4.76. The maximum atomic E-state index is 9.71. The molecular formula is C13H26O8. The molecule has 0 aliphatic carbocycles. The summed E-state index contributed by atoms with van der Waals surface area (Å²) in [5.41, 5.74) is 0. The van der Waals surface area contributed by atoms with Crippen LogP contribution < -0.4 is 0 Å². The van der Waals surface area contributed by atoms with Gasteiger partial charge < -0.3 is 39.7 Å². The summed E-state index contributed by atoms with van der Waals surface area (Å²) in [6, 6.07) is 0. The minimum atomic E-state index is -1.07. The molecule has 2 unspecified atom stereocenters. The van der Waals surface area contributed by atoms with Crippen LogP contribution in [0.4, 0.5) is 0 Å². The number of aliphatic hydroxyl groups is 5. The van der Waals surface area contributed by atoms with Crippen LogP contribution in [0, 0.1) is 0 Å². The number of hydrogen-bond donors (Lipinski definition) is 5. The Morgan fingerprint density at radius 2 is 1.90 bits per heavy atom. The quantitative estimate of drug-likeness (QED) is 0.320. The molecule has 0 aromatic rings. The van der Waals surface area contributed by atoms with E-state index < -0.39 is 43.6 Å². The summed E-state index contributed by atoms with van der Waals surface area (Å²) in [5, 5.41) is 46.5. The van der Waals surface area contributed by atoms with Crippen LogP contribution in [-0.2, 0) is 14.2 Å². The van der Waals surface area contributed by atoms with E-state index >= 15 is 0 Å². The average molecular weight is 310 g/mol. The van der Waals surface area contributed by atoms with Crippen LogP contribution in [0.15, 0.2) is 0 Å². The number of hydrogen-bond acceptors (Lipinski definition) is 8. The van der Waals surface area contributed by atoms with Gasteiger partial charge in [-0.25, -0.2) is 0 Å². The molecular weight excluding hydrogens is 284 g/mol. The van der Waals surface area contributed by atoms with E-state index in [-0.39, 0.29) is 26.1 Å². The Kier molecular flexibility index (Phi) is 8.60. The second-order valence-corrected chi connectivity index (χ2v) is 5.14. The van der Waals surface area contributed by atoms with E-state index in [1.54, 1.807) is 0 Å². The van der Waals surface area contributed by atoms with Gasteiger partial charge in [0.1, 0.15) is 6.10 Å². The molecule has 0 bridgehead atoms. The standard InChI is InChI=1S/C13H26O8/c1-8(17)19-11(2-3-14)12(7-16)21-13-5-9(18)4-10(6-15)20-13/h8-18H,2-7H2,1H3/t8?,9-,10-,11-,12+,13?/m0/s1. The topological polar surface area (TPSA) is 129 Å². The Labute approximate surface area is 123 Å². The van der Waals surface area contributed by atoms with Gasteiger partial charge in [0.05, 0.1) is 31.5 Å². The van der Waals surface area contributed by atoms with E-state index in [9.17, 15) is 15.3 Å². The lowest BCUT2D eigenvalue weighted by atomic mass is 10.1. The molecule has 1 rings (SSSR count). The smallest absolute Gasteiger partial charge is 0.161 e. The minimum absolute atomic E-state index is 0.175. The van der Waals surface area contributed by atoms with E-state index in [2.05, 4.69) is 0 Å². The third-order valence-electron chi connectivity index (χ3n) is 3.25. The Hall–Kier alpha value is -0.320. The molecule has 8 nitrogen and oxygen atoms in total. The van der Waals surface area contributed by atoms with Gasteiger partial charge in [-0.1, -0.05) is 0 Å². The molecule has 1 fully saturated rings. The highest BCUT2D eigenvalue weighted by atomic mass is 16.7. The van der Waals surface area contributed by atoms with Crippen LogP contribution >= 0.6 is 0 Å². The van der Waals surface area contributed by atoms with Gasteiger partial charge in [-0.15, -0.1) is 0 Å². The van der Waals surface area contributed by atoms with E-state index in [0.29, 0.717) is 6.42 Å². The zero-order valence-electron chi connectivity index (χ0n) is 12.2. The zero-order chi connectivity index (χ0) is 15.8. The fraction of sp³-hybridized carbons (Fsp3) is 1.00. The summed E-state index contributed by atoms with van der Waals surface area (Å²) in [5.74, 6) is 0. The summed E-state index contributed by atoms with van der Waals surface area (Å²) in [6.07, 6.45) is -3.85. The molecule has 0 spiro atoms. The molecule has 1 aliphatic rings. The number of rotatable bonds is 9.